The summed E-state index contributed by atoms with van der Waals surface area (Å²) in [4.78, 5) is 0. The Morgan fingerprint density at radius 2 is 1.95 bits per heavy atom. The summed E-state index contributed by atoms with van der Waals surface area (Å²) in [5.41, 5.74) is 2.51. The second-order valence-corrected chi connectivity index (χ2v) is 5.97. The van der Waals surface area contributed by atoms with Gasteiger partial charge in [0.1, 0.15) is 11.9 Å². The molecule has 2 atom stereocenters. The molecular formula is C18H20ClNO. The van der Waals surface area contributed by atoms with Crippen molar-refractivity contribution in [2.24, 2.45) is 0 Å². The Morgan fingerprint density at radius 3 is 2.71 bits per heavy atom. The second kappa shape index (κ2) is 6.50. The highest BCUT2D eigenvalue weighted by Gasteiger charge is 2.26. The van der Waals surface area contributed by atoms with Crippen molar-refractivity contribution < 1.29 is 4.74 Å². The van der Waals surface area contributed by atoms with Crippen LogP contribution in [0.4, 0.5) is 0 Å². The Morgan fingerprint density at radius 1 is 1.19 bits per heavy atom. The SMILES string of the molecule is CNCC(CC1Cc2ccccc2O1)c1ccccc1Cl. The summed E-state index contributed by atoms with van der Waals surface area (Å²) in [5.74, 6) is 1.40. The van der Waals surface area contributed by atoms with Crippen LogP contribution >= 0.6 is 11.6 Å². The van der Waals surface area contributed by atoms with Crippen LogP contribution in [0.1, 0.15) is 23.5 Å². The minimum absolute atomic E-state index is 0.233. The van der Waals surface area contributed by atoms with Gasteiger partial charge in [-0.05, 0) is 36.7 Å². The number of benzene rings is 2. The number of para-hydroxylation sites is 1. The third-order valence-electron chi connectivity index (χ3n) is 4.06. The third kappa shape index (κ3) is 3.22. The van der Waals surface area contributed by atoms with Gasteiger partial charge in [-0.25, -0.2) is 0 Å². The number of ether oxygens (including phenoxy) is 1. The lowest BCUT2D eigenvalue weighted by atomic mass is 9.91. The van der Waals surface area contributed by atoms with E-state index >= 15 is 0 Å². The Kier molecular flexibility index (Phi) is 4.47. The maximum atomic E-state index is 6.36. The van der Waals surface area contributed by atoms with Gasteiger partial charge in [0.25, 0.3) is 0 Å². The number of fused-ring (bicyclic) bond motifs is 1. The summed E-state index contributed by atoms with van der Waals surface area (Å²) in [6.45, 7) is 0.903. The molecule has 0 aromatic heterocycles. The quantitative estimate of drug-likeness (QED) is 0.900. The summed E-state index contributed by atoms with van der Waals surface area (Å²) >= 11 is 6.36. The van der Waals surface area contributed by atoms with Crippen LogP contribution in [0.5, 0.6) is 5.75 Å². The summed E-state index contributed by atoms with van der Waals surface area (Å²) in [5, 5.41) is 4.12. The van der Waals surface area contributed by atoms with Gasteiger partial charge in [0.15, 0.2) is 0 Å². The molecule has 0 fully saturated rings. The Labute approximate surface area is 131 Å². The molecule has 1 heterocycles. The predicted octanol–water partition coefficient (Wildman–Crippen LogP) is 4.04. The van der Waals surface area contributed by atoms with Crippen molar-refractivity contribution in [2.75, 3.05) is 13.6 Å². The standard InChI is InChI=1S/C18H20ClNO/c1-20-12-14(16-7-3-4-8-17(16)19)11-15-10-13-6-2-5-9-18(13)21-15/h2-9,14-15,20H,10-12H2,1H3. The summed E-state index contributed by atoms with van der Waals surface area (Å²) < 4.78 is 6.07. The first kappa shape index (κ1) is 14.4. The van der Waals surface area contributed by atoms with Crippen LogP contribution in [0, 0.1) is 0 Å². The first-order valence-corrected chi connectivity index (χ1v) is 7.79. The lowest BCUT2D eigenvalue weighted by Gasteiger charge is -2.21. The molecule has 21 heavy (non-hydrogen) atoms. The van der Waals surface area contributed by atoms with Gasteiger partial charge in [0.2, 0.25) is 0 Å². The van der Waals surface area contributed by atoms with Gasteiger partial charge in [-0.2, -0.15) is 0 Å². The van der Waals surface area contributed by atoms with Crippen molar-refractivity contribution in [3.8, 4) is 5.75 Å². The van der Waals surface area contributed by atoms with Crippen LogP contribution in [0.2, 0.25) is 5.02 Å². The first-order chi connectivity index (χ1) is 10.3. The van der Waals surface area contributed by atoms with E-state index in [9.17, 15) is 0 Å². The molecule has 1 aliphatic rings. The monoisotopic (exact) mass is 301 g/mol. The van der Waals surface area contributed by atoms with E-state index in [1.807, 2.05) is 31.3 Å². The van der Waals surface area contributed by atoms with Crippen molar-refractivity contribution in [1.29, 1.82) is 0 Å². The van der Waals surface area contributed by atoms with E-state index in [-0.39, 0.29) is 6.10 Å². The fourth-order valence-electron chi connectivity index (χ4n) is 3.08. The maximum absolute atomic E-state index is 6.36. The van der Waals surface area contributed by atoms with Crippen LogP contribution in [-0.2, 0) is 6.42 Å². The molecule has 2 unspecified atom stereocenters. The molecule has 0 bridgehead atoms. The number of likely N-dealkylation sites (N-methyl/N-ethyl adjacent to an activating group) is 1. The van der Waals surface area contributed by atoms with Crippen LogP contribution in [0.3, 0.4) is 0 Å². The van der Waals surface area contributed by atoms with Gasteiger partial charge < -0.3 is 10.1 Å². The molecule has 1 aliphatic heterocycles. The van der Waals surface area contributed by atoms with Crippen LogP contribution < -0.4 is 10.1 Å². The van der Waals surface area contributed by atoms with E-state index in [2.05, 4.69) is 29.6 Å². The van der Waals surface area contributed by atoms with Gasteiger partial charge in [0, 0.05) is 23.9 Å². The molecule has 2 aromatic carbocycles. The van der Waals surface area contributed by atoms with E-state index < -0.39 is 0 Å². The zero-order valence-electron chi connectivity index (χ0n) is 12.2. The zero-order chi connectivity index (χ0) is 14.7. The Bertz CT molecular complexity index is 589. The fraction of sp³-hybridized carbons (Fsp3) is 0.333. The first-order valence-electron chi connectivity index (χ1n) is 7.41. The number of halogens is 1. The summed E-state index contributed by atoms with van der Waals surface area (Å²) in [6, 6.07) is 16.4. The highest BCUT2D eigenvalue weighted by atomic mass is 35.5. The predicted molar refractivity (Wildman–Crippen MR) is 87.3 cm³/mol. The van der Waals surface area contributed by atoms with Crippen LogP contribution in [-0.4, -0.2) is 19.7 Å². The van der Waals surface area contributed by atoms with E-state index in [0.29, 0.717) is 5.92 Å². The molecule has 2 nitrogen and oxygen atoms in total. The summed E-state index contributed by atoms with van der Waals surface area (Å²) in [7, 11) is 1.98. The third-order valence-corrected chi connectivity index (χ3v) is 4.40. The Hall–Kier alpha value is -1.51. The van der Waals surface area contributed by atoms with Crippen molar-refractivity contribution in [3.05, 3.63) is 64.7 Å². The van der Waals surface area contributed by atoms with Gasteiger partial charge in [-0.3, -0.25) is 0 Å². The minimum Gasteiger partial charge on any atom is -0.490 e. The zero-order valence-corrected chi connectivity index (χ0v) is 12.9. The molecule has 2 aromatic rings. The summed E-state index contributed by atoms with van der Waals surface area (Å²) in [6.07, 6.45) is 2.19. The topological polar surface area (TPSA) is 21.3 Å². The van der Waals surface area contributed by atoms with Crippen LogP contribution in [0.15, 0.2) is 48.5 Å². The molecule has 3 rings (SSSR count). The molecule has 0 aliphatic carbocycles. The number of rotatable bonds is 5. The molecule has 1 N–H and O–H groups in total. The molecular weight excluding hydrogens is 282 g/mol. The second-order valence-electron chi connectivity index (χ2n) is 5.56. The molecule has 0 amide bonds. The number of hydrogen-bond acceptors (Lipinski definition) is 2. The number of hydrogen-bond donors (Lipinski definition) is 1. The average molecular weight is 302 g/mol. The average Bonchev–Trinajstić information content (AvgIpc) is 2.89. The molecule has 3 heteroatoms. The van der Waals surface area contributed by atoms with Crippen LogP contribution in [0.25, 0.3) is 0 Å². The van der Waals surface area contributed by atoms with E-state index in [4.69, 9.17) is 16.3 Å². The molecule has 110 valence electrons. The van der Waals surface area contributed by atoms with Gasteiger partial charge in [-0.15, -0.1) is 0 Å². The van der Waals surface area contributed by atoms with Gasteiger partial charge >= 0.3 is 0 Å². The smallest absolute Gasteiger partial charge is 0.123 e. The molecule has 0 saturated heterocycles. The van der Waals surface area contributed by atoms with Crippen molar-refractivity contribution in [3.63, 3.8) is 0 Å². The minimum atomic E-state index is 0.233. The molecule has 0 radical (unpaired) electrons. The van der Waals surface area contributed by atoms with Gasteiger partial charge in [0.05, 0.1) is 0 Å². The highest BCUT2D eigenvalue weighted by molar-refractivity contribution is 6.31. The van der Waals surface area contributed by atoms with Crippen molar-refractivity contribution in [2.45, 2.75) is 24.9 Å². The maximum Gasteiger partial charge on any atom is 0.123 e. The lowest BCUT2D eigenvalue weighted by molar-refractivity contribution is 0.209. The van der Waals surface area contributed by atoms with Crippen molar-refractivity contribution in [1.82, 2.24) is 5.32 Å². The molecule has 0 saturated carbocycles. The van der Waals surface area contributed by atoms with Gasteiger partial charge in [-0.1, -0.05) is 48.0 Å². The Balaban J connectivity index is 1.74. The number of nitrogens with one attached hydrogen (secondary N) is 1. The highest BCUT2D eigenvalue weighted by Crippen LogP contribution is 2.34. The normalized spacial score (nSPS) is 18.1. The van der Waals surface area contributed by atoms with Crippen molar-refractivity contribution >= 4 is 11.6 Å². The largest absolute Gasteiger partial charge is 0.490 e. The van der Waals surface area contributed by atoms with E-state index in [1.165, 1.54) is 11.1 Å². The molecule has 0 spiro atoms. The fourth-order valence-corrected chi connectivity index (χ4v) is 3.37. The lowest BCUT2D eigenvalue weighted by Crippen LogP contribution is -2.24. The van der Waals surface area contributed by atoms with E-state index in [0.717, 1.165) is 30.2 Å². The van der Waals surface area contributed by atoms with E-state index in [1.54, 1.807) is 0 Å².